The fourth-order valence-electron chi connectivity index (χ4n) is 3.62. The molecule has 3 atom stereocenters. The molecule has 0 saturated carbocycles. The molecule has 0 aromatic heterocycles. The van der Waals surface area contributed by atoms with Gasteiger partial charge in [-0.25, -0.2) is 0 Å². The van der Waals surface area contributed by atoms with Gasteiger partial charge in [-0.1, -0.05) is 29.8 Å². The Bertz CT molecular complexity index is 1010. The third-order valence-corrected chi connectivity index (χ3v) is 5.57. The lowest BCUT2D eigenvalue weighted by atomic mass is 9.96. The van der Waals surface area contributed by atoms with E-state index in [4.69, 9.17) is 16.3 Å². The van der Waals surface area contributed by atoms with Gasteiger partial charge in [0.05, 0.1) is 30.8 Å². The summed E-state index contributed by atoms with van der Waals surface area (Å²) in [5, 5.41) is 24.2. The Labute approximate surface area is 177 Å². The van der Waals surface area contributed by atoms with Gasteiger partial charge in [0.15, 0.2) is 0 Å². The largest absolute Gasteiger partial charge is 0.387 e. The van der Waals surface area contributed by atoms with Gasteiger partial charge in [0.25, 0.3) is 17.7 Å². The van der Waals surface area contributed by atoms with Crippen molar-refractivity contribution in [3.05, 3.63) is 70.2 Å². The van der Waals surface area contributed by atoms with Crippen LogP contribution in [0.15, 0.2) is 48.5 Å². The normalized spacial score (nSPS) is 25.5. The summed E-state index contributed by atoms with van der Waals surface area (Å²) in [6.45, 7) is -0.751. The van der Waals surface area contributed by atoms with E-state index in [1.165, 1.54) is 18.2 Å². The van der Waals surface area contributed by atoms with Crippen molar-refractivity contribution < 1.29 is 29.3 Å². The smallest absolute Gasteiger partial charge is 0.261 e. The number of ether oxygens (including phenoxy) is 1. The molecule has 1 fully saturated rings. The number of hydrogen-bond acceptors (Lipinski definition) is 6. The van der Waals surface area contributed by atoms with Crippen molar-refractivity contribution in [2.75, 3.05) is 19.7 Å². The lowest BCUT2D eigenvalue weighted by molar-refractivity contribution is -0.0484. The molecule has 3 amide bonds. The number of fused-ring (bicyclic) bond motifs is 1. The maximum atomic E-state index is 12.6. The van der Waals surface area contributed by atoms with Crippen LogP contribution in [0.1, 0.15) is 31.1 Å². The Morgan fingerprint density at radius 3 is 2.60 bits per heavy atom. The Kier molecular flexibility index (Phi) is 5.33. The minimum atomic E-state index is -1.75. The molecule has 4 rings (SSSR count). The minimum Gasteiger partial charge on any atom is -0.387 e. The second-order valence-corrected chi connectivity index (χ2v) is 7.79. The van der Waals surface area contributed by atoms with Crippen LogP contribution in [0, 0.1) is 0 Å². The predicted octanol–water partition coefficient (Wildman–Crippen LogP) is 0.857. The van der Waals surface area contributed by atoms with Gasteiger partial charge in [0.2, 0.25) is 0 Å². The molecule has 2 aliphatic heterocycles. The second kappa shape index (κ2) is 7.81. The summed E-state index contributed by atoms with van der Waals surface area (Å²) in [5.74, 6) is -1.46. The molecule has 156 valence electrons. The zero-order chi connectivity index (χ0) is 21.5. The number of carbonyl (C=O) groups is 3. The highest BCUT2D eigenvalue weighted by atomic mass is 35.5. The summed E-state index contributed by atoms with van der Waals surface area (Å²) in [6.07, 6.45) is -2.41. The third-order valence-electron chi connectivity index (χ3n) is 5.34. The van der Waals surface area contributed by atoms with Gasteiger partial charge in [0, 0.05) is 10.6 Å². The zero-order valence-corrected chi connectivity index (χ0v) is 16.5. The zero-order valence-electron chi connectivity index (χ0n) is 15.7. The van der Waals surface area contributed by atoms with Crippen LogP contribution in [0.2, 0.25) is 5.02 Å². The number of aliphatic hydroxyl groups is 2. The SMILES string of the molecule is O=C(NC[C@]1(O)CO[C@H](CN2C(=O)c3ccc(Cl)cc3C2=O)[C@H]1O)c1ccccc1. The van der Waals surface area contributed by atoms with Crippen molar-refractivity contribution in [3.63, 3.8) is 0 Å². The lowest BCUT2D eigenvalue weighted by Gasteiger charge is -2.27. The Balaban J connectivity index is 1.41. The number of imide groups is 1. The van der Waals surface area contributed by atoms with E-state index in [1.807, 2.05) is 0 Å². The van der Waals surface area contributed by atoms with Gasteiger partial charge in [0.1, 0.15) is 17.8 Å². The van der Waals surface area contributed by atoms with Gasteiger partial charge in [-0.05, 0) is 30.3 Å². The van der Waals surface area contributed by atoms with Crippen LogP contribution in [0.25, 0.3) is 0 Å². The number of halogens is 1. The Morgan fingerprint density at radius 1 is 1.17 bits per heavy atom. The number of rotatable bonds is 5. The van der Waals surface area contributed by atoms with Crippen molar-refractivity contribution in [3.8, 4) is 0 Å². The first-order chi connectivity index (χ1) is 14.3. The van der Waals surface area contributed by atoms with Crippen LogP contribution in [-0.4, -0.2) is 70.3 Å². The molecule has 2 aromatic carbocycles. The molecule has 30 heavy (non-hydrogen) atoms. The fraction of sp³-hybridized carbons (Fsp3) is 0.286. The first-order valence-corrected chi connectivity index (χ1v) is 9.69. The van der Waals surface area contributed by atoms with Crippen LogP contribution in [0.3, 0.4) is 0 Å². The van der Waals surface area contributed by atoms with Crippen molar-refractivity contribution in [1.82, 2.24) is 10.2 Å². The van der Waals surface area contributed by atoms with E-state index in [9.17, 15) is 24.6 Å². The molecule has 2 heterocycles. The fourth-order valence-corrected chi connectivity index (χ4v) is 3.79. The lowest BCUT2D eigenvalue weighted by Crippen LogP contribution is -2.54. The average Bonchev–Trinajstić information content (AvgIpc) is 3.16. The van der Waals surface area contributed by atoms with E-state index in [0.29, 0.717) is 10.6 Å². The number of nitrogens with one attached hydrogen (secondary N) is 1. The molecule has 0 radical (unpaired) electrons. The monoisotopic (exact) mass is 430 g/mol. The quantitative estimate of drug-likeness (QED) is 0.606. The van der Waals surface area contributed by atoms with E-state index in [1.54, 1.807) is 30.3 Å². The highest BCUT2D eigenvalue weighted by Gasteiger charge is 2.50. The summed E-state index contributed by atoms with van der Waals surface area (Å²) in [5.41, 5.74) is -0.930. The van der Waals surface area contributed by atoms with Crippen LogP contribution in [0.4, 0.5) is 0 Å². The molecule has 1 saturated heterocycles. The summed E-state index contributed by atoms with van der Waals surface area (Å²) in [4.78, 5) is 38.3. The van der Waals surface area contributed by atoms with Crippen LogP contribution >= 0.6 is 11.6 Å². The molecule has 2 aromatic rings. The summed E-state index contributed by atoms with van der Waals surface area (Å²) < 4.78 is 5.48. The molecule has 2 aliphatic rings. The predicted molar refractivity (Wildman–Crippen MR) is 106 cm³/mol. The number of nitrogens with zero attached hydrogens (tertiary/aromatic N) is 1. The standard InChI is InChI=1S/C21H19ClN2O6/c22-13-6-7-14-15(8-13)20(28)24(19(14)27)9-16-17(25)21(29,11-30-16)10-23-18(26)12-4-2-1-3-5-12/h1-8,16-17,25,29H,9-11H2,(H,23,26)/t16-,17-,21+/m1/s1. The minimum absolute atomic E-state index is 0.186. The van der Waals surface area contributed by atoms with Crippen LogP contribution < -0.4 is 5.32 Å². The summed E-state index contributed by atoms with van der Waals surface area (Å²) in [7, 11) is 0. The van der Waals surface area contributed by atoms with E-state index < -0.39 is 35.5 Å². The molecular weight excluding hydrogens is 412 g/mol. The highest BCUT2D eigenvalue weighted by molar-refractivity contribution is 6.32. The van der Waals surface area contributed by atoms with Gasteiger partial charge in [-0.2, -0.15) is 0 Å². The Hall–Kier alpha value is -2.78. The number of carbonyl (C=O) groups excluding carboxylic acids is 3. The van der Waals surface area contributed by atoms with E-state index in [0.717, 1.165) is 4.90 Å². The Morgan fingerprint density at radius 2 is 1.87 bits per heavy atom. The number of amides is 3. The van der Waals surface area contributed by atoms with Crippen molar-refractivity contribution in [2.24, 2.45) is 0 Å². The van der Waals surface area contributed by atoms with E-state index >= 15 is 0 Å². The van der Waals surface area contributed by atoms with Crippen molar-refractivity contribution in [2.45, 2.75) is 17.8 Å². The van der Waals surface area contributed by atoms with Gasteiger partial charge < -0.3 is 20.3 Å². The molecule has 0 spiro atoms. The maximum absolute atomic E-state index is 12.6. The molecule has 0 unspecified atom stereocenters. The third kappa shape index (κ3) is 3.59. The molecular formula is C21H19ClN2O6. The molecule has 9 heteroatoms. The highest BCUT2D eigenvalue weighted by Crippen LogP contribution is 2.30. The average molecular weight is 431 g/mol. The van der Waals surface area contributed by atoms with Gasteiger partial charge in [-0.3, -0.25) is 19.3 Å². The topological polar surface area (TPSA) is 116 Å². The first-order valence-electron chi connectivity index (χ1n) is 9.31. The van der Waals surface area contributed by atoms with Gasteiger partial charge in [-0.15, -0.1) is 0 Å². The molecule has 8 nitrogen and oxygen atoms in total. The van der Waals surface area contributed by atoms with E-state index in [2.05, 4.69) is 5.32 Å². The van der Waals surface area contributed by atoms with Crippen molar-refractivity contribution in [1.29, 1.82) is 0 Å². The first kappa shape index (κ1) is 20.5. The van der Waals surface area contributed by atoms with Gasteiger partial charge >= 0.3 is 0 Å². The summed E-state index contributed by atoms with van der Waals surface area (Å²) in [6, 6.07) is 12.8. The molecule has 0 aliphatic carbocycles. The number of hydrogen-bond donors (Lipinski definition) is 3. The van der Waals surface area contributed by atoms with Crippen LogP contribution in [0.5, 0.6) is 0 Å². The number of benzene rings is 2. The van der Waals surface area contributed by atoms with Crippen molar-refractivity contribution >= 4 is 29.3 Å². The summed E-state index contributed by atoms with van der Waals surface area (Å²) >= 11 is 5.91. The van der Waals surface area contributed by atoms with E-state index in [-0.39, 0.29) is 30.8 Å². The molecule has 3 N–H and O–H groups in total. The molecule has 0 bridgehead atoms. The van der Waals surface area contributed by atoms with Crippen LogP contribution in [-0.2, 0) is 4.74 Å². The number of aliphatic hydroxyl groups excluding tert-OH is 1. The second-order valence-electron chi connectivity index (χ2n) is 7.36. The maximum Gasteiger partial charge on any atom is 0.261 e.